The summed E-state index contributed by atoms with van der Waals surface area (Å²) in [5.41, 5.74) is 3.99. The normalized spacial score (nSPS) is 15.1. The minimum Gasteiger partial charge on any atom is -0.455 e. The van der Waals surface area contributed by atoms with Crippen LogP contribution in [0.4, 0.5) is 5.69 Å². The molecule has 5 aromatic rings. The van der Waals surface area contributed by atoms with E-state index < -0.39 is 69.6 Å². The van der Waals surface area contributed by atoms with E-state index in [0.717, 1.165) is 38.8 Å². The van der Waals surface area contributed by atoms with E-state index in [9.17, 15) is 47.9 Å². The van der Waals surface area contributed by atoms with Crippen LogP contribution in [0, 0.1) is 6.92 Å². The van der Waals surface area contributed by atoms with Gasteiger partial charge >= 0.3 is 0 Å². The van der Waals surface area contributed by atoms with Crippen molar-refractivity contribution in [1.29, 1.82) is 0 Å². The van der Waals surface area contributed by atoms with Crippen molar-refractivity contribution in [2.45, 2.75) is 71.4 Å². The molecule has 0 atom stereocenters. The third kappa shape index (κ3) is 9.30. The molecule has 0 saturated heterocycles. The molecule has 17 heteroatoms. The van der Waals surface area contributed by atoms with Crippen LogP contribution in [0.25, 0.3) is 0 Å². The predicted molar refractivity (Wildman–Crippen MR) is 268 cm³/mol. The number of anilines is 1. The summed E-state index contributed by atoms with van der Waals surface area (Å²) in [5, 5.41) is 0. The van der Waals surface area contributed by atoms with Gasteiger partial charge in [0.25, 0.3) is 47.3 Å². The lowest BCUT2D eigenvalue weighted by Gasteiger charge is -2.34. The van der Waals surface area contributed by atoms with Crippen LogP contribution in [0.5, 0.6) is 0 Å². The number of nitrogens with zero attached hydrogens (tertiary/aromatic N) is 4. The van der Waals surface area contributed by atoms with Crippen LogP contribution in [-0.4, -0.2) is 111 Å². The molecule has 9 rings (SSSR count). The topological polar surface area (TPSA) is 193 Å². The molecular formula is C54H52N4O11Si2. The summed E-state index contributed by atoms with van der Waals surface area (Å²) >= 11 is 0. The van der Waals surface area contributed by atoms with Gasteiger partial charge in [-0.15, -0.1) is 0 Å². The molecule has 0 saturated carbocycles. The SMILES string of the molecule is CCCC[Si](C)(C)O[Si](C)(C)CCCN1C(=O)c2ccc(C(=O)c3ccc4c(c3)C(=O)N(C)C4=O)cc2C1=O.Cc1cccc(N2C(=O)c3ccc(C(=O)c4ccc5c(c4)C(=O)N(C)C5=O)cc3C2=O)c1. The fraction of sp³-hybridized carbons (Fsp3) is 0.259. The first-order chi connectivity index (χ1) is 33.5. The van der Waals surface area contributed by atoms with Crippen LogP contribution in [0.2, 0.25) is 38.3 Å². The molecule has 0 aliphatic carbocycles. The monoisotopic (exact) mass is 988 g/mol. The van der Waals surface area contributed by atoms with Gasteiger partial charge in [-0.25, -0.2) is 4.90 Å². The second-order valence-corrected chi connectivity index (χ2v) is 28.3. The summed E-state index contributed by atoms with van der Waals surface area (Å²) in [4.78, 5) is 132. The predicted octanol–water partition coefficient (Wildman–Crippen LogP) is 8.61. The average molecular weight is 989 g/mol. The lowest BCUT2D eigenvalue weighted by Crippen LogP contribution is -2.44. The van der Waals surface area contributed by atoms with Gasteiger partial charge in [0.1, 0.15) is 0 Å². The van der Waals surface area contributed by atoms with Crippen LogP contribution in [-0.2, 0) is 4.12 Å². The number of hydrogen-bond donors (Lipinski definition) is 0. The van der Waals surface area contributed by atoms with Gasteiger partial charge < -0.3 is 4.12 Å². The summed E-state index contributed by atoms with van der Waals surface area (Å²) in [5.74, 6) is -4.26. The Hall–Kier alpha value is -7.61. The number of carbonyl (C=O) groups excluding carboxylic acids is 10. The van der Waals surface area contributed by atoms with Crippen molar-refractivity contribution in [3.05, 3.63) is 169 Å². The van der Waals surface area contributed by atoms with Crippen molar-refractivity contribution in [3.63, 3.8) is 0 Å². The number of carbonyl (C=O) groups is 10. The number of rotatable bonds is 14. The minimum absolute atomic E-state index is 0.148. The third-order valence-electron chi connectivity index (χ3n) is 13.2. The van der Waals surface area contributed by atoms with Gasteiger partial charge in [-0.2, -0.15) is 0 Å². The summed E-state index contributed by atoms with van der Waals surface area (Å²) < 4.78 is 6.65. The molecule has 5 aromatic carbocycles. The number of benzene rings is 5. The maximum absolute atomic E-state index is 13.2. The van der Waals surface area contributed by atoms with Crippen molar-refractivity contribution in [1.82, 2.24) is 14.7 Å². The second kappa shape index (κ2) is 19.0. The van der Waals surface area contributed by atoms with Gasteiger partial charge in [-0.1, -0.05) is 56.2 Å². The third-order valence-corrected chi connectivity index (χ3v) is 20.7. The Labute approximate surface area is 412 Å². The minimum atomic E-state index is -1.95. The first kappa shape index (κ1) is 49.8. The molecule has 0 bridgehead atoms. The van der Waals surface area contributed by atoms with E-state index >= 15 is 0 Å². The number of aryl methyl sites for hydroxylation is 1. The zero-order valence-corrected chi connectivity index (χ0v) is 42.8. The van der Waals surface area contributed by atoms with Gasteiger partial charge in [0, 0.05) is 42.9 Å². The van der Waals surface area contributed by atoms with E-state index in [1.54, 1.807) is 18.2 Å². The van der Waals surface area contributed by atoms with E-state index in [-0.39, 0.29) is 72.7 Å². The molecule has 0 unspecified atom stereocenters. The number of hydrogen-bond acceptors (Lipinski definition) is 11. The molecule has 0 spiro atoms. The molecule has 15 nitrogen and oxygen atoms in total. The van der Waals surface area contributed by atoms with Crippen molar-refractivity contribution in [2.75, 3.05) is 25.5 Å². The first-order valence-electron chi connectivity index (χ1n) is 23.4. The van der Waals surface area contributed by atoms with Gasteiger partial charge in [0.15, 0.2) is 28.2 Å². The maximum Gasteiger partial charge on any atom is 0.266 e. The van der Waals surface area contributed by atoms with Crippen LogP contribution < -0.4 is 4.90 Å². The van der Waals surface area contributed by atoms with Crippen LogP contribution in [0.1, 0.15) is 146 Å². The standard InChI is InChI=1S/C29H36N2O6Si2.C25H16N2O5/c1-7-8-15-38(3,4)37-39(5,6)16-9-14-31-28(35)22-13-11-20(18-24(22)29(31)36)25(32)19-10-12-21-23(17-19)27(34)30(2)26(21)33;1-13-4-3-5-16(10-13)27-24(31)18-9-7-15(12-20(18)25(27)32)21(28)14-6-8-17-19(11-14)23(30)26(2)22(17)29/h10-13,17-18H,7-9,14-16H2,1-6H3;3-12H,1-2H3. The van der Waals surface area contributed by atoms with E-state index in [1.807, 2.05) is 13.0 Å². The maximum atomic E-state index is 13.2. The highest BCUT2D eigenvalue weighted by molar-refractivity contribution is 6.84. The van der Waals surface area contributed by atoms with Gasteiger partial charge in [0.2, 0.25) is 0 Å². The highest BCUT2D eigenvalue weighted by Crippen LogP contribution is 2.33. The highest BCUT2D eigenvalue weighted by Gasteiger charge is 2.40. The smallest absolute Gasteiger partial charge is 0.266 e. The fourth-order valence-corrected chi connectivity index (χ4v) is 18.5. The van der Waals surface area contributed by atoms with E-state index in [1.165, 1.54) is 98.2 Å². The van der Waals surface area contributed by atoms with Crippen molar-refractivity contribution in [2.24, 2.45) is 0 Å². The second-order valence-electron chi connectivity index (χ2n) is 19.4. The summed E-state index contributed by atoms with van der Waals surface area (Å²) in [6, 6.07) is 26.6. The first-order valence-corrected chi connectivity index (χ1v) is 29.6. The number of amides is 8. The Kier molecular flexibility index (Phi) is 13.3. The van der Waals surface area contributed by atoms with Crippen LogP contribution in [0.3, 0.4) is 0 Å². The van der Waals surface area contributed by atoms with Crippen LogP contribution in [0.15, 0.2) is 97.1 Å². The zero-order valence-electron chi connectivity index (χ0n) is 40.8. The van der Waals surface area contributed by atoms with Gasteiger partial charge in [-0.3, -0.25) is 62.6 Å². The summed E-state index contributed by atoms with van der Waals surface area (Å²) in [7, 11) is -0.904. The number of fused-ring (bicyclic) bond motifs is 4. The summed E-state index contributed by atoms with van der Waals surface area (Å²) in [6.45, 7) is 13.3. The Morgan fingerprint density at radius 2 is 0.831 bits per heavy atom. The molecule has 0 radical (unpaired) electrons. The molecule has 0 N–H and O–H groups in total. The van der Waals surface area contributed by atoms with Crippen molar-refractivity contribution >= 4 is 81.1 Å². The highest BCUT2D eigenvalue weighted by atomic mass is 28.4. The largest absolute Gasteiger partial charge is 0.455 e. The van der Waals surface area contributed by atoms with Gasteiger partial charge in [0.05, 0.1) is 50.2 Å². The molecule has 4 aliphatic heterocycles. The lowest BCUT2D eigenvalue weighted by molar-refractivity contribution is 0.0646. The molecule has 71 heavy (non-hydrogen) atoms. The van der Waals surface area contributed by atoms with E-state index in [0.29, 0.717) is 18.7 Å². The molecule has 0 aromatic heterocycles. The number of imide groups is 4. The molecule has 0 fully saturated rings. The fourth-order valence-electron chi connectivity index (χ4n) is 9.47. The molecule has 8 amide bonds. The number of unbranched alkanes of at least 4 members (excludes halogenated alkanes) is 1. The molecule has 4 heterocycles. The quantitative estimate of drug-likeness (QED) is 0.0588. The van der Waals surface area contributed by atoms with E-state index in [4.69, 9.17) is 4.12 Å². The van der Waals surface area contributed by atoms with E-state index in [2.05, 4.69) is 33.1 Å². The Bertz CT molecular complexity index is 3210. The van der Waals surface area contributed by atoms with Crippen molar-refractivity contribution in [3.8, 4) is 0 Å². The summed E-state index contributed by atoms with van der Waals surface area (Å²) in [6.07, 6.45) is 3.00. The van der Waals surface area contributed by atoms with Crippen molar-refractivity contribution < 1.29 is 52.1 Å². The number of ketones is 2. The lowest BCUT2D eigenvalue weighted by atomic mass is 9.96. The Balaban J connectivity index is 0.000000194. The zero-order chi connectivity index (χ0) is 51.4. The Morgan fingerprint density at radius 3 is 1.28 bits per heavy atom. The molecule has 4 aliphatic rings. The molecule has 362 valence electrons. The van der Waals surface area contributed by atoms with Gasteiger partial charge in [-0.05, 0) is 118 Å². The average Bonchev–Trinajstić information content (AvgIpc) is 3.91. The Morgan fingerprint density at radius 1 is 0.465 bits per heavy atom. The van der Waals surface area contributed by atoms with Crippen LogP contribution >= 0.6 is 0 Å². The molecular weight excluding hydrogens is 937 g/mol.